The van der Waals surface area contributed by atoms with Crippen LogP contribution in [-0.2, 0) is 30.7 Å². The van der Waals surface area contributed by atoms with Crippen molar-refractivity contribution in [3.8, 4) is 11.5 Å². The molecule has 2 aromatic heterocycles. The molecule has 0 saturated heterocycles. The van der Waals surface area contributed by atoms with Crippen LogP contribution in [0.15, 0.2) is 11.8 Å². The van der Waals surface area contributed by atoms with Crippen molar-refractivity contribution in [3.63, 3.8) is 0 Å². The van der Waals surface area contributed by atoms with Crippen LogP contribution in [0.1, 0.15) is 31.5 Å². The molecule has 0 amide bonds. The van der Waals surface area contributed by atoms with E-state index in [2.05, 4.69) is 27.2 Å². The molecule has 2 aliphatic carbocycles. The first-order chi connectivity index (χ1) is 11.9. The molecule has 0 spiro atoms. The summed E-state index contributed by atoms with van der Waals surface area (Å²) in [6.07, 6.45) is 3.51. The Hall–Kier alpha value is -2.82. The third-order valence-electron chi connectivity index (χ3n) is 5.68. The number of tetrazole rings is 1. The Morgan fingerprint density at radius 1 is 1.36 bits per heavy atom. The summed E-state index contributed by atoms with van der Waals surface area (Å²) in [5.74, 6) is 0.478. The van der Waals surface area contributed by atoms with Gasteiger partial charge in [0.05, 0.1) is 19.3 Å². The minimum absolute atomic E-state index is 0.0485. The summed E-state index contributed by atoms with van der Waals surface area (Å²) in [6, 6.07) is 0. The molecule has 3 atom stereocenters. The molecule has 0 N–H and O–H groups in total. The van der Waals surface area contributed by atoms with Crippen molar-refractivity contribution in [1.29, 1.82) is 0 Å². The second-order valence-electron chi connectivity index (χ2n) is 7.12. The highest BCUT2D eigenvalue weighted by atomic mass is 16.1. The van der Waals surface area contributed by atoms with E-state index < -0.39 is 5.41 Å². The average molecular weight is 337 g/mol. The van der Waals surface area contributed by atoms with Gasteiger partial charge in [-0.1, -0.05) is 19.9 Å². The first kappa shape index (κ1) is 15.7. The summed E-state index contributed by atoms with van der Waals surface area (Å²) in [5.41, 5.74) is 2.68. The minimum atomic E-state index is -0.432. The zero-order chi connectivity index (χ0) is 17.9. The first-order valence-electron chi connectivity index (χ1n) is 8.32. The lowest BCUT2D eigenvalue weighted by Crippen LogP contribution is -2.45. The molecular weight excluding hydrogens is 318 g/mol. The van der Waals surface area contributed by atoms with Gasteiger partial charge in [-0.3, -0.25) is 4.68 Å². The molecule has 0 saturated carbocycles. The van der Waals surface area contributed by atoms with Crippen molar-refractivity contribution in [2.45, 2.75) is 32.1 Å². The second-order valence-corrected chi connectivity index (χ2v) is 7.12. The molecule has 2 aromatic rings. The minimum Gasteiger partial charge on any atom is -0.308 e. The van der Waals surface area contributed by atoms with Crippen LogP contribution in [0, 0.1) is 18.4 Å². The third-order valence-corrected chi connectivity index (χ3v) is 5.68. The van der Waals surface area contributed by atoms with Gasteiger partial charge >= 0.3 is 0 Å². The lowest BCUT2D eigenvalue weighted by Gasteiger charge is -2.44. The topological polar surface area (TPSA) is 82.8 Å². The number of carbonyl (C=O) groups excluding carboxylic acids is 1. The largest absolute Gasteiger partial charge is 0.308 e. The molecule has 2 aliphatic rings. The van der Waals surface area contributed by atoms with E-state index in [0.717, 1.165) is 29.8 Å². The van der Waals surface area contributed by atoms with Crippen LogP contribution in [0.3, 0.4) is 0 Å². The Kier molecular flexibility index (Phi) is 3.19. The maximum absolute atomic E-state index is 12.4. The van der Waals surface area contributed by atoms with E-state index in [9.17, 15) is 4.79 Å². The third kappa shape index (κ3) is 2.02. The highest BCUT2D eigenvalue weighted by Crippen LogP contribution is 2.50. The van der Waals surface area contributed by atoms with E-state index in [1.807, 2.05) is 20.0 Å². The normalized spacial score (nSPS) is 28.1. The van der Waals surface area contributed by atoms with Crippen molar-refractivity contribution in [2.75, 3.05) is 0 Å². The van der Waals surface area contributed by atoms with Crippen LogP contribution >= 0.6 is 0 Å². The van der Waals surface area contributed by atoms with E-state index in [0.29, 0.717) is 5.82 Å². The summed E-state index contributed by atoms with van der Waals surface area (Å²) in [7, 11) is 3.61. The summed E-state index contributed by atoms with van der Waals surface area (Å²) >= 11 is 0. The number of ketones is 1. The summed E-state index contributed by atoms with van der Waals surface area (Å²) in [5, 5.41) is 17.1. The monoisotopic (exact) mass is 337 g/mol. The van der Waals surface area contributed by atoms with Crippen LogP contribution < -0.4 is 0 Å². The number of aromatic nitrogens is 6. The summed E-state index contributed by atoms with van der Waals surface area (Å²) in [4.78, 5) is 17.3. The molecule has 0 aromatic carbocycles. The molecule has 4 rings (SSSR count). The highest BCUT2D eigenvalue weighted by molar-refractivity contribution is 6.00. The Bertz CT molecular complexity index is 960. The first-order valence-corrected chi connectivity index (χ1v) is 8.32. The summed E-state index contributed by atoms with van der Waals surface area (Å²) < 4.78 is 1.79. The van der Waals surface area contributed by atoms with E-state index in [1.165, 1.54) is 4.80 Å². The van der Waals surface area contributed by atoms with Gasteiger partial charge in [0.15, 0.2) is 5.78 Å². The Morgan fingerprint density at radius 3 is 2.76 bits per heavy atom. The number of Topliss-reactive ketones (excluding diaryl/α,β-unsaturated/α-hetero) is 1. The predicted molar refractivity (Wildman–Crippen MR) is 89.0 cm³/mol. The van der Waals surface area contributed by atoms with Gasteiger partial charge in [-0.2, -0.15) is 9.90 Å². The van der Waals surface area contributed by atoms with Gasteiger partial charge in [-0.15, -0.1) is 10.2 Å². The molecule has 2 heterocycles. The lowest BCUT2D eigenvalue weighted by atomic mass is 9.58. The van der Waals surface area contributed by atoms with Crippen LogP contribution in [0.2, 0.25) is 0 Å². The molecule has 128 valence electrons. The maximum Gasteiger partial charge on any atom is 0.226 e. The van der Waals surface area contributed by atoms with Crippen molar-refractivity contribution in [1.82, 2.24) is 30.0 Å². The molecule has 0 radical (unpaired) electrons. The fourth-order valence-corrected chi connectivity index (χ4v) is 4.47. The van der Waals surface area contributed by atoms with E-state index in [1.54, 1.807) is 11.7 Å². The molecule has 8 heteroatoms. The lowest BCUT2D eigenvalue weighted by molar-refractivity contribution is -0.121. The Balaban J connectivity index is 1.94. The number of hydrogen-bond acceptors (Lipinski definition) is 5. The van der Waals surface area contributed by atoms with Gasteiger partial charge in [-0.25, -0.2) is 4.85 Å². The fourth-order valence-electron chi connectivity index (χ4n) is 4.47. The smallest absolute Gasteiger partial charge is 0.226 e. The van der Waals surface area contributed by atoms with Crippen LogP contribution in [0.25, 0.3) is 16.4 Å². The number of carbonyl (C=O) groups is 1. The average Bonchev–Trinajstić information content (AvgIpc) is 3.14. The van der Waals surface area contributed by atoms with Crippen LogP contribution in [-0.4, -0.2) is 35.8 Å². The van der Waals surface area contributed by atoms with E-state index in [-0.39, 0.29) is 23.3 Å². The molecular formula is C17H19N7O. The Morgan fingerprint density at radius 2 is 2.12 bits per heavy atom. The SMILES string of the molecule is [C-]#[N+]C1=C[C@]2(C)c3nn(C)c(-c4nnn(C)n4)c3CC[C@H]2[C@H](C)C1=O. The number of allylic oxidation sites excluding steroid dienone is 2. The maximum atomic E-state index is 12.4. The van der Waals surface area contributed by atoms with Crippen molar-refractivity contribution in [3.05, 3.63) is 34.4 Å². The molecule has 25 heavy (non-hydrogen) atoms. The summed E-state index contributed by atoms with van der Waals surface area (Å²) in [6.45, 7) is 11.4. The van der Waals surface area contributed by atoms with Crippen molar-refractivity contribution in [2.24, 2.45) is 25.9 Å². The number of fused-ring (bicyclic) bond motifs is 3. The molecule has 0 aliphatic heterocycles. The van der Waals surface area contributed by atoms with Gasteiger partial charge in [0.2, 0.25) is 11.5 Å². The molecule has 8 nitrogen and oxygen atoms in total. The molecule has 0 unspecified atom stereocenters. The molecule has 0 bridgehead atoms. The molecule has 0 fully saturated rings. The number of hydrogen-bond donors (Lipinski definition) is 0. The standard InChI is InChI=1S/C17H19N7O/c1-9-11-7-6-10-13(16-19-22-24(5)21-16)23(4)20-15(10)17(11,2)8-12(18-3)14(9)25/h8-9,11H,6-7H2,1-2,4-5H3/t9-,11-,17-/m0/s1. The predicted octanol–water partition coefficient (Wildman–Crippen LogP) is 1.45. The zero-order valence-electron chi connectivity index (χ0n) is 14.7. The number of rotatable bonds is 1. The van der Waals surface area contributed by atoms with Gasteiger partial charge < -0.3 is 4.79 Å². The quantitative estimate of drug-likeness (QED) is 0.736. The second kappa shape index (κ2) is 5.09. The highest BCUT2D eigenvalue weighted by Gasteiger charge is 2.50. The number of nitrogens with zero attached hydrogens (tertiary/aromatic N) is 7. The van der Waals surface area contributed by atoms with Crippen LogP contribution in [0.5, 0.6) is 0 Å². The van der Waals surface area contributed by atoms with Crippen molar-refractivity contribution >= 4 is 5.78 Å². The van der Waals surface area contributed by atoms with Gasteiger partial charge in [0, 0.05) is 23.9 Å². The van der Waals surface area contributed by atoms with Crippen molar-refractivity contribution < 1.29 is 4.79 Å². The van der Waals surface area contributed by atoms with E-state index >= 15 is 0 Å². The number of aryl methyl sites for hydroxylation is 2. The van der Waals surface area contributed by atoms with Gasteiger partial charge in [-0.05, 0) is 24.0 Å². The fraction of sp³-hybridized carbons (Fsp3) is 0.529. The van der Waals surface area contributed by atoms with Gasteiger partial charge in [0.1, 0.15) is 5.69 Å². The zero-order valence-corrected chi connectivity index (χ0v) is 14.7. The Labute approximate surface area is 145 Å². The van der Waals surface area contributed by atoms with E-state index in [4.69, 9.17) is 11.7 Å². The van der Waals surface area contributed by atoms with Crippen LogP contribution in [0.4, 0.5) is 0 Å². The van der Waals surface area contributed by atoms with Gasteiger partial charge in [0.25, 0.3) is 0 Å².